The maximum Gasteiger partial charge on any atom is 0.328 e. The van der Waals surface area contributed by atoms with Gasteiger partial charge in [0.05, 0.1) is 37.0 Å². The first kappa shape index (κ1) is 20.3. The number of rotatable bonds is 7. The molecule has 1 N–H and O–H groups in total. The summed E-state index contributed by atoms with van der Waals surface area (Å²) in [5, 5.41) is 2.86. The number of carbonyl (C=O) groups excluding carboxylic acids is 1. The third-order valence-corrected chi connectivity index (χ3v) is 4.65. The minimum Gasteiger partial charge on any atom is -0.494 e. The first-order valence-electron chi connectivity index (χ1n) is 9.35. The van der Waals surface area contributed by atoms with Gasteiger partial charge in [-0.05, 0) is 38.1 Å². The van der Waals surface area contributed by atoms with Crippen molar-refractivity contribution in [1.29, 1.82) is 0 Å². The van der Waals surface area contributed by atoms with Crippen LogP contribution in [0.4, 0.5) is 5.69 Å². The van der Waals surface area contributed by atoms with Crippen molar-refractivity contribution in [2.75, 3.05) is 25.6 Å². The molecule has 29 heavy (non-hydrogen) atoms. The number of hydrogen-bond acceptors (Lipinski definition) is 5. The fraction of sp³-hybridized carbons (Fsp3) is 0.333. The Labute approximate surface area is 168 Å². The quantitative estimate of drug-likeness (QED) is 0.660. The van der Waals surface area contributed by atoms with Gasteiger partial charge in [0.1, 0.15) is 5.75 Å². The van der Waals surface area contributed by atoms with E-state index in [-0.39, 0.29) is 11.6 Å². The molecule has 0 atom stereocenters. The molecule has 0 aliphatic rings. The standard InChI is InChI=1S/C21H25N3O5/c1-6-28-17-9-8-13(10-19(17)29-7-2)20(25)22-14-11-15-16(12-18(14)27-5)24(4)21(26)23(15)3/h8-12H,6-7H2,1-5H3,(H,22,25). The Kier molecular flexibility index (Phi) is 5.81. The molecular formula is C21H25N3O5. The van der Waals surface area contributed by atoms with Crippen molar-refractivity contribution in [3.8, 4) is 17.2 Å². The Bertz CT molecular complexity index is 1110. The summed E-state index contributed by atoms with van der Waals surface area (Å²) < 4.78 is 19.6. The monoisotopic (exact) mass is 399 g/mol. The van der Waals surface area contributed by atoms with Crippen molar-refractivity contribution in [2.45, 2.75) is 13.8 Å². The van der Waals surface area contributed by atoms with Gasteiger partial charge in [-0.25, -0.2) is 4.79 Å². The van der Waals surface area contributed by atoms with Gasteiger partial charge in [0.15, 0.2) is 11.5 Å². The van der Waals surface area contributed by atoms with Gasteiger partial charge in [-0.1, -0.05) is 0 Å². The number of carbonyl (C=O) groups is 1. The van der Waals surface area contributed by atoms with Gasteiger partial charge in [-0.2, -0.15) is 0 Å². The van der Waals surface area contributed by atoms with Gasteiger partial charge in [-0.15, -0.1) is 0 Å². The molecule has 0 radical (unpaired) electrons. The van der Waals surface area contributed by atoms with E-state index in [4.69, 9.17) is 14.2 Å². The molecule has 0 saturated carbocycles. The molecule has 1 aromatic heterocycles. The lowest BCUT2D eigenvalue weighted by Gasteiger charge is -2.14. The molecule has 3 aromatic rings. The van der Waals surface area contributed by atoms with Crippen LogP contribution in [0.25, 0.3) is 11.0 Å². The summed E-state index contributed by atoms with van der Waals surface area (Å²) in [6, 6.07) is 8.49. The average Bonchev–Trinajstić information content (AvgIpc) is 2.92. The van der Waals surface area contributed by atoms with Crippen LogP contribution in [-0.4, -0.2) is 35.4 Å². The SMILES string of the molecule is CCOc1ccc(C(=O)Nc2cc3c(cc2OC)n(C)c(=O)n3C)cc1OCC. The maximum atomic E-state index is 12.9. The van der Waals surface area contributed by atoms with Crippen LogP contribution in [0.1, 0.15) is 24.2 Å². The molecule has 8 nitrogen and oxygen atoms in total. The van der Waals surface area contributed by atoms with E-state index in [2.05, 4.69) is 5.32 Å². The zero-order valence-electron chi connectivity index (χ0n) is 17.2. The predicted octanol–water partition coefficient (Wildman–Crippen LogP) is 2.94. The Morgan fingerprint density at radius 3 is 2.17 bits per heavy atom. The fourth-order valence-electron chi connectivity index (χ4n) is 3.18. The Morgan fingerprint density at radius 2 is 1.55 bits per heavy atom. The molecule has 0 bridgehead atoms. The zero-order chi connectivity index (χ0) is 21.1. The lowest BCUT2D eigenvalue weighted by molar-refractivity contribution is 0.102. The topological polar surface area (TPSA) is 83.7 Å². The average molecular weight is 399 g/mol. The van der Waals surface area contributed by atoms with Crippen molar-refractivity contribution in [3.63, 3.8) is 0 Å². The summed E-state index contributed by atoms with van der Waals surface area (Å²) in [7, 11) is 4.89. The number of fused-ring (bicyclic) bond motifs is 1. The van der Waals surface area contributed by atoms with Crippen LogP contribution in [0.2, 0.25) is 0 Å². The van der Waals surface area contributed by atoms with Crippen LogP contribution in [0.15, 0.2) is 35.1 Å². The van der Waals surface area contributed by atoms with E-state index in [0.29, 0.717) is 52.7 Å². The summed E-state index contributed by atoms with van der Waals surface area (Å²) in [6.07, 6.45) is 0. The number of ether oxygens (including phenoxy) is 3. The molecule has 2 aromatic carbocycles. The van der Waals surface area contributed by atoms with E-state index in [1.807, 2.05) is 13.8 Å². The predicted molar refractivity (Wildman–Crippen MR) is 111 cm³/mol. The third-order valence-electron chi connectivity index (χ3n) is 4.65. The normalized spacial score (nSPS) is 10.8. The molecule has 0 spiro atoms. The summed E-state index contributed by atoms with van der Waals surface area (Å²) in [5.74, 6) is 1.23. The maximum absolute atomic E-state index is 12.9. The van der Waals surface area contributed by atoms with E-state index in [9.17, 15) is 9.59 Å². The minimum atomic E-state index is -0.326. The summed E-state index contributed by atoms with van der Waals surface area (Å²) in [4.78, 5) is 25.1. The molecule has 0 fully saturated rings. The number of amides is 1. The molecule has 3 rings (SSSR count). The van der Waals surface area contributed by atoms with Gasteiger partial charge in [0.2, 0.25) is 0 Å². The number of methoxy groups -OCH3 is 1. The lowest BCUT2D eigenvalue weighted by Crippen LogP contribution is -2.19. The number of imidazole rings is 1. The molecule has 0 unspecified atom stereocenters. The van der Waals surface area contributed by atoms with Crippen LogP contribution >= 0.6 is 0 Å². The molecule has 0 aliphatic heterocycles. The molecule has 1 amide bonds. The molecular weight excluding hydrogens is 374 g/mol. The van der Waals surface area contributed by atoms with E-state index < -0.39 is 0 Å². The van der Waals surface area contributed by atoms with Crippen molar-refractivity contribution in [2.24, 2.45) is 14.1 Å². The van der Waals surface area contributed by atoms with Crippen molar-refractivity contribution in [3.05, 3.63) is 46.4 Å². The summed E-state index contributed by atoms with van der Waals surface area (Å²) >= 11 is 0. The number of benzene rings is 2. The third kappa shape index (κ3) is 3.78. The van der Waals surface area contributed by atoms with Gasteiger partial charge < -0.3 is 19.5 Å². The smallest absolute Gasteiger partial charge is 0.328 e. The van der Waals surface area contributed by atoms with Crippen molar-refractivity contribution < 1.29 is 19.0 Å². The van der Waals surface area contributed by atoms with Crippen LogP contribution in [-0.2, 0) is 14.1 Å². The molecule has 0 aliphatic carbocycles. The number of aromatic nitrogens is 2. The summed E-state index contributed by atoms with van der Waals surface area (Å²) in [5.41, 5.74) is 2.14. The van der Waals surface area contributed by atoms with E-state index >= 15 is 0 Å². The first-order chi connectivity index (χ1) is 13.9. The first-order valence-corrected chi connectivity index (χ1v) is 9.35. The highest BCUT2D eigenvalue weighted by Gasteiger charge is 2.17. The van der Waals surface area contributed by atoms with E-state index in [0.717, 1.165) is 0 Å². The van der Waals surface area contributed by atoms with Crippen molar-refractivity contribution in [1.82, 2.24) is 9.13 Å². The highest BCUT2D eigenvalue weighted by atomic mass is 16.5. The molecule has 0 saturated heterocycles. The molecule has 154 valence electrons. The van der Waals surface area contributed by atoms with Crippen LogP contribution in [0.3, 0.4) is 0 Å². The Hall–Kier alpha value is -3.42. The minimum absolute atomic E-state index is 0.154. The van der Waals surface area contributed by atoms with Crippen LogP contribution < -0.4 is 25.2 Å². The summed E-state index contributed by atoms with van der Waals surface area (Å²) in [6.45, 7) is 4.71. The number of anilines is 1. The van der Waals surface area contributed by atoms with Gasteiger partial charge >= 0.3 is 5.69 Å². The number of nitrogens with one attached hydrogen (secondary N) is 1. The lowest BCUT2D eigenvalue weighted by atomic mass is 10.1. The number of aryl methyl sites for hydroxylation is 2. The zero-order valence-corrected chi connectivity index (χ0v) is 17.2. The highest BCUT2D eigenvalue weighted by Crippen LogP contribution is 2.32. The Morgan fingerprint density at radius 1 is 0.931 bits per heavy atom. The second-order valence-electron chi connectivity index (χ2n) is 6.42. The number of nitrogens with zero attached hydrogens (tertiary/aromatic N) is 2. The van der Waals surface area contributed by atoms with Crippen molar-refractivity contribution >= 4 is 22.6 Å². The molecule has 8 heteroatoms. The fourth-order valence-corrected chi connectivity index (χ4v) is 3.18. The van der Waals surface area contributed by atoms with Crippen LogP contribution in [0.5, 0.6) is 17.2 Å². The highest BCUT2D eigenvalue weighted by molar-refractivity contribution is 6.06. The number of hydrogen-bond donors (Lipinski definition) is 1. The Balaban J connectivity index is 1.98. The van der Waals surface area contributed by atoms with Crippen LogP contribution in [0, 0.1) is 0 Å². The van der Waals surface area contributed by atoms with E-state index in [1.54, 1.807) is 44.4 Å². The second kappa shape index (κ2) is 8.30. The van der Waals surface area contributed by atoms with Gasteiger partial charge in [0, 0.05) is 25.7 Å². The second-order valence-corrected chi connectivity index (χ2v) is 6.42. The van der Waals surface area contributed by atoms with E-state index in [1.165, 1.54) is 16.2 Å². The van der Waals surface area contributed by atoms with Gasteiger partial charge in [0.25, 0.3) is 5.91 Å². The largest absolute Gasteiger partial charge is 0.494 e. The van der Waals surface area contributed by atoms with Gasteiger partial charge in [-0.3, -0.25) is 13.9 Å². The molecule has 1 heterocycles.